The smallest absolute Gasteiger partial charge is 0.264 e. The summed E-state index contributed by atoms with van der Waals surface area (Å²) >= 11 is 0. The molecule has 0 aromatic carbocycles. The zero-order valence-corrected chi connectivity index (χ0v) is 15.9. The van der Waals surface area contributed by atoms with E-state index in [9.17, 15) is 14.7 Å². The number of fused-ring (bicyclic) bond motifs is 1. The molecule has 0 aliphatic rings. The van der Waals surface area contributed by atoms with Crippen molar-refractivity contribution in [1.29, 1.82) is 0 Å². The summed E-state index contributed by atoms with van der Waals surface area (Å²) < 4.78 is 1.36. The van der Waals surface area contributed by atoms with Crippen LogP contribution in [-0.2, 0) is 17.4 Å². The second-order valence-corrected chi connectivity index (χ2v) is 7.05. The number of carbonyl (C=O) groups excluding carboxylic acids is 1. The summed E-state index contributed by atoms with van der Waals surface area (Å²) in [6.07, 6.45) is 3.16. The van der Waals surface area contributed by atoms with Crippen molar-refractivity contribution in [2.75, 3.05) is 11.9 Å². The summed E-state index contributed by atoms with van der Waals surface area (Å²) in [4.78, 5) is 36.7. The van der Waals surface area contributed by atoms with Gasteiger partial charge in [0.1, 0.15) is 16.8 Å². The highest BCUT2D eigenvalue weighted by Crippen LogP contribution is 2.26. The van der Waals surface area contributed by atoms with Crippen LogP contribution in [0.4, 0.5) is 5.82 Å². The Morgan fingerprint density at radius 1 is 1.32 bits per heavy atom. The van der Waals surface area contributed by atoms with Crippen LogP contribution in [-0.4, -0.2) is 37.1 Å². The Morgan fingerprint density at radius 3 is 2.68 bits per heavy atom. The standard InChI is InChI=1S/C19H22N6O3/c1-19(2,28)14-5-4-11(9-22-14)12-8-13-16(18(27)25(3)10-23-13)17(24-12)21-7-6-15(20)26/h4-5,8-10,28H,6-7H2,1-3H3,(H2,20,26)(H,21,24). The predicted molar refractivity (Wildman–Crippen MR) is 106 cm³/mol. The van der Waals surface area contributed by atoms with E-state index in [2.05, 4.69) is 20.3 Å². The van der Waals surface area contributed by atoms with Crippen LogP contribution < -0.4 is 16.6 Å². The van der Waals surface area contributed by atoms with Gasteiger partial charge in [-0.2, -0.15) is 0 Å². The van der Waals surface area contributed by atoms with E-state index in [1.54, 1.807) is 45.3 Å². The minimum Gasteiger partial charge on any atom is -0.384 e. The number of rotatable bonds is 6. The number of carbonyl (C=O) groups is 1. The molecule has 0 fully saturated rings. The molecule has 0 spiro atoms. The van der Waals surface area contributed by atoms with Crippen molar-refractivity contribution in [3.63, 3.8) is 0 Å². The van der Waals surface area contributed by atoms with Gasteiger partial charge >= 0.3 is 0 Å². The Kier molecular flexibility index (Phi) is 5.10. The van der Waals surface area contributed by atoms with Gasteiger partial charge in [-0.15, -0.1) is 0 Å². The first-order valence-corrected chi connectivity index (χ1v) is 8.74. The summed E-state index contributed by atoms with van der Waals surface area (Å²) in [5.41, 5.74) is 6.16. The van der Waals surface area contributed by atoms with Gasteiger partial charge in [-0.3, -0.25) is 14.6 Å². The molecule has 146 valence electrons. The minimum atomic E-state index is -1.05. The van der Waals surface area contributed by atoms with Crippen molar-refractivity contribution in [1.82, 2.24) is 19.5 Å². The lowest BCUT2D eigenvalue weighted by atomic mass is 10.0. The molecule has 3 aromatic rings. The van der Waals surface area contributed by atoms with Crippen LogP contribution in [0.25, 0.3) is 22.2 Å². The van der Waals surface area contributed by atoms with Crippen LogP contribution in [0.2, 0.25) is 0 Å². The lowest BCUT2D eigenvalue weighted by molar-refractivity contribution is -0.117. The van der Waals surface area contributed by atoms with E-state index in [-0.39, 0.29) is 18.5 Å². The van der Waals surface area contributed by atoms with Crippen molar-refractivity contribution in [3.8, 4) is 11.3 Å². The average Bonchev–Trinajstić information content (AvgIpc) is 2.63. The fraction of sp³-hybridized carbons (Fsp3) is 0.316. The molecule has 0 atom stereocenters. The Labute approximate surface area is 161 Å². The van der Waals surface area contributed by atoms with E-state index in [1.165, 1.54) is 10.9 Å². The van der Waals surface area contributed by atoms with E-state index in [0.29, 0.717) is 33.7 Å². The number of aliphatic hydroxyl groups is 1. The monoisotopic (exact) mass is 382 g/mol. The molecular weight excluding hydrogens is 360 g/mol. The SMILES string of the molecule is Cn1cnc2cc(-c3ccc(C(C)(C)O)nc3)nc(NCCC(N)=O)c2c1=O. The summed E-state index contributed by atoms with van der Waals surface area (Å²) in [6.45, 7) is 3.56. The summed E-state index contributed by atoms with van der Waals surface area (Å²) in [5.74, 6) is -0.126. The van der Waals surface area contributed by atoms with Gasteiger partial charge in [0.15, 0.2) is 0 Å². The van der Waals surface area contributed by atoms with Crippen molar-refractivity contribution < 1.29 is 9.90 Å². The van der Waals surface area contributed by atoms with Gasteiger partial charge in [0.05, 0.1) is 23.2 Å². The average molecular weight is 382 g/mol. The van der Waals surface area contributed by atoms with E-state index >= 15 is 0 Å². The van der Waals surface area contributed by atoms with Gasteiger partial charge in [-0.05, 0) is 32.0 Å². The van der Waals surface area contributed by atoms with Gasteiger partial charge in [-0.25, -0.2) is 9.97 Å². The van der Waals surface area contributed by atoms with Crippen LogP contribution >= 0.6 is 0 Å². The Bertz CT molecular complexity index is 1080. The second-order valence-electron chi connectivity index (χ2n) is 7.05. The number of aryl methyl sites for hydroxylation is 1. The van der Waals surface area contributed by atoms with Gasteiger partial charge in [0.2, 0.25) is 5.91 Å². The van der Waals surface area contributed by atoms with E-state index in [4.69, 9.17) is 5.73 Å². The molecule has 3 heterocycles. The van der Waals surface area contributed by atoms with Crippen molar-refractivity contribution in [2.45, 2.75) is 25.9 Å². The normalized spacial score (nSPS) is 11.6. The van der Waals surface area contributed by atoms with Gasteiger partial charge in [-0.1, -0.05) is 0 Å². The highest BCUT2D eigenvalue weighted by molar-refractivity contribution is 5.91. The number of nitrogens with zero attached hydrogens (tertiary/aromatic N) is 4. The van der Waals surface area contributed by atoms with E-state index in [1.807, 2.05) is 0 Å². The number of nitrogens with two attached hydrogens (primary N) is 1. The zero-order valence-electron chi connectivity index (χ0n) is 15.9. The molecule has 1 amide bonds. The van der Waals surface area contributed by atoms with Crippen molar-refractivity contribution in [3.05, 3.63) is 46.8 Å². The molecule has 0 bridgehead atoms. The number of hydrogen-bond acceptors (Lipinski definition) is 7. The number of nitrogens with one attached hydrogen (secondary N) is 1. The fourth-order valence-corrected chi connectivity index (χ4v) is 2.71. The maximum absolute atomic E-state index is 12.6. The third kappa shape index (κ3) is 3.99. The quantitative estimate of drug-likeness (QED) is 0.576. The number of aromatic nitrogens is 4. The number of pyridine rings is 2. The van der Waals surface area contributed by atoms with Crippen LogP contribution in [0.5, 0.6) is 0 Å². The molecule has 0 saturated heterocycles. The van der Waals surface area contributed by atoms with E-state index < -0.39 is 11.5 Å². The Hall–Kier alpha value is -3.33. The molecule has 0 aliphatic carbocycles. The van der Waals surface area contributed by atoms with Gasteiger partial charge in [0.25, 0.3) is 5.56 Å². The largest absolute Gasteiger partial charge is 0.384 e. The number of amides is 1. The molecule has 9 nitrogen and oxygen atoms in total. The van der Waals surface area contributed by atoms with Gasteiger partial charge in [0, 0.05) is 31.8 Å². The van der Waals surface area contributed by atoms with Gasteiger partial charge < -0.3 is 20.7 Å². The molecule has 0 radical (unpaired) electrons. The molecule has 0 unspecified atom stereocenters. The lowest BCUT2D eigenvalue weighted by Gasteiger charge is -2.16. The third-order valence-electron chi connectivity index (χ3n) is 4.25. The molecule has 0 aliphatic heterocycles. The first kappa shape index (κ1) is 19.4. The topological polar surface area (TPSA) is 136 Å². The molecular formula is C19H22N6O3. The number of primary amides is 1. The Balaban J connectivity index is 2.10. The summed E-state index contributed by atoms with van der Waals surface area (Å²) in [5, 5.41) is 13.4. The predicted octanol–water partition coefficient (Wildman–Crippen LogP) is 0.905. The first-order valence-electron chi connectivity index (χ1n) is 8.74. The number of hydrogen-bond donors (Lipinski definition) is 3. The molecule has 9 heteroatoms. The Morgan fingerprint density at radius 2 is 2.07 bits per heavy atom. The maximum atomic E-state index is 12.6. The minimum absolute atomic E-state index is 0.107. The third-order valence-corrected chi connectivity index (χ3v) is 4.25. The molecule has 3 aromatic heterocycles. The molecule has 4 N–H and O–H groups in total. The lowest BCUT2D eigenvalue weighted by Crippen LogP contribution is -2.21. The van der Waals surface area contributed by atoms with E-state index in [0.717, 1.165) is 0 Å². The summed E-state index contributed by atoms with van der Waals surface area (Å²) in [7, 11) is 1.61. The summed E-state index contributed by atoms with van der Waals surface area (Å²) in [6, 6.07) is 5.22. The van der Waals surface area contributed by atoms with Crippen LogP contribution in [0.15, 0.2) is 35.5 Å². The molecule has 0 saturated carbocycles. The fourth-order valence-electron chi connectivity index (χ4n) is 2.71. The van der Waals surface area contributed by atoms with Crippen LogP contribution in [0.3, 0.4) is 0 Å². The van der Waals surface area contributed by atoms with Crippen LogP contribution in [0.1, 0.15) is 26.0 Å². The maximum Gasteiger partial charge on any atom is 0.264 e. The number of anilines is 1. The highest BCUT2D eigenvalue weighted by Gasteiger charge is 2.18. The highest BCUT2D eigenvalue weighted by atomic mass is 16.3. The second kappa shape index (κ2) is 7.35. The first-order chi connectivity index (χ1) is 13.2. The van der Waals surface area contributed by atoms with Crippen LogP contribution in [0, 0.1) is 0 Å². The molecule has 28 heavy (non-hydrogen) atoms. The van der Waals surface area contributed by atoms with Crippen molar-refractivity contribution >= 4 is 22.6 Å². The zero-order chi connectivity index (χ0) is 20.5. The van der Waals surface area contributed by atoms with Crippen molar-refractivity contribution in [2.24, 2.45) is 12.8 Å². The molecule has 3 rings (SSSR count).